The molecule has 22 heteroatoms. The third kappa shape index (κ3) is 10.2. The van der Waals surface area contributed by atoms with Crippen molar-refractivity contribution < 1.29 is 38.6 Å². The number of carboxylic acid groups (broad SMARTS) is 1. The highest BCUT2D eigenvalue weighted by Crippen LogP contribution is 2.43. The Kier molecular flexibility index (Phi) is 16.4. The summed E-state index contributed by atoms with van der Waals surface area (Å²) >= 11 is 3.08. The maximum Gasteiger partial charge on any atom is 0.407 e. The van der Waals surface area contributed by atoms with Crippen molar-refractivity contribution in [2.75, 3.05) is 38.9 Å². The van der Waals surface area contributed by atoms with Crippen LogP contribution in [0.15, 0.2) is 47.7 Å². The molecule has 6 heterocycles. The van der Waals surface area contributed by atoms with Gasteiger partial charge in [-0.05, 0) is 31.1 Å². The first-order valence-corrected chi connectivity index (χ1v) is 22.6. The monoisotopic (exact) mass is 946 g/mol. The Hall–Kier alpha value is -6.65. The summed E-state index contributed by atoms with van der Waals surface area (Å²) in [5.74, 6) is -0.281. The third-order valence-corrected chi connectivity index (χ3v) is 12.9. The summed E-state index contributed by atoms with van der Waals surface area (Å²) in [5.41, 5.74) is 10.7. The zero-order valence-corrected chi connectivity index (χ0v) is 38.8. The number of imidazole rings is 2. The number of hydrogen-bond donors (Lipinski definition) is 6. The van der Waals surface area contributed by atoms with Gasteiger partial charge in [-0.1, -0.05) is 59.4 Å². The minimum Gasteiger partial charge on any atom is -0.481 e. The lowest BCUT2D eigenvalue weighted by molar-refractivity contribution is -0.136. The van der Waals surface area contributed by atoms with Gasteiger partial charge in [0.25, 0.3) is 11.9 Å². The van der Waals surface area contributed by atoms with Crippen LogP contribution >= 0.6 is 22.7 Å². The number of aromatic amines is 2. The molecule has 8 rings (SSSR count). The number of hydrazine groups is 1. The van der Waals surface area contributed by atoms with Crippen molar-refractivity contribution in [3.63, 3.8) is 0 Å². The van der Waals surface area contributed by atoms with Crippen LogP contribution < -0.4 is 21.8 Å². The number of methoxy groups -OCH3 is 2. The van der Waals surface area contributed by atoms with E-state index in [9.17, 15) is 19.2 Å². The summed E-state index contributed by atoms with van der Waals surface area (Å²) < 4.78 is 11.5. The first-order valence-electron chi connectivity index (χ1n) is 20.8. The number of nitrogens with zero attached hydrogens (tertiary/aromatic N) is 7. The Morgan fingerprint density at radius 1 is 0.727 bits per heavy atom. The molecule has 8 N–H and O–H groups in total. The van der Waals surface area contributed by atoms with E-state index in [-0.39, 0.29) is 43.3 Å². The second-order valence-corrected chi connectivity index (χ2v) is 17.8. The number of aromatic nitrogens is 6. The molecule has 66 heavy (non-hydrogen) atoms. The number of alkyl carbamates (subject to hydrolysis) is 2. The van der Waals surface area contributed by atoms with Crippen molar-refractivity contribution in [1.82, 2.24) is 56.6 Å². The first kappa shape index (κ1) is 50.4. The predicted octanol–water partition coefficient (Wildman–Crippen LogP) is 7.62. The van der Waals surface area contributed by atoms with Crippen molar-refractivity contribution in [2.24, 2.45) is 11.8 Å². The summed E-state index contributed by atoms with van der Waals surface area (Å²) in [6.07, 6.45) is 4.61. The van der Waals surface area contributed by atoms with Gasteiger partial charge in [-0.3, -0.25) is 19.4 Å². The molecule has 2 aliphatic heterocycles. The molecule has 2 saturated heterocycles. The summed E-state index contributed by atoms with van der Waals surface area (Å²) in [5, 5.41) is 16.3. The minimum absolute atomic E-state index is 0. The normalized spacial score (nSPS) is 15.5. The second-order valence-electron chi connectivity index (χ2n) is 16.0. The van der Waals surface area contributed by atoms with Gasteiger partial charge in [0.1, 0.15) is 17.9 Å². The van der Waals surface area contributed by atoms with E-state index in [0.717, 1.165) is 80.3 Å². The van der Waals surface area contributed by atoms with E-state index >= 15 is 0 Å². The predicted molar refractivity (Wildman–Crippen MR) is 254 cm³/mol. The Morgan fingerprint density at radius 3 is 1.76 bits per heavy atom. The van der Waals surface area contributed by atoms with Crippen LogP contribution in [0.1, 0.15) is 73.2 Å². The van der Waals surface area contributed by atoms with Crippen LogP contribution in [0.5, 0.6) is 0 Å². The Labute approximate surface area is 390 Å². The Balaban J connectivity index is 0.00000131. The molecule has 2 fully saturated rings. The van der Waals surface area contributed by atoms with Crippen molar-refractivity contribution >= 4 is 79.0 Å². The highest BCUT2D eigenvalue weighted by Gasteiger charge is 2.38. The van der Waals surface area contributed by atoms with E-state index in [1.54, 1.807) is 27.4 Å². The average Bonchev–Trinajstić information content (AvgIpc) is 4.13. The number of ether oxygens (including phenoxy) is 2. The molecule has 354 valence electrons. The lowest BCUT2D eigenvalue weighted by Gasteiger charge is -2.32. The number of thiazole rings is 2. The van der Waals surface area contributed by atoms with Crippen LogP contribution in [0.25, 0.3) is 54.1 Å². The zero-order valence-electron chi connectivity index (χ0n) is 37.2. The van der Waals surface area contributed by atoms with E-state index in [2.05, 4.69) is 44.9 Å². The largest absolute Gasteiger partial charge is 0.481 e. The second kappa shape index (κ2) is 21.6. The van der Waals surface area contributed by atoms with Crippen LogP contribution in [-0.2, 0) is 23.9 Å². The number of nitrogens with one attached hydrogen (secondary N) is 4. The summed E-state index contributed by atoms with van der Waals surface area (Å²) in [4.78, 5) is 88.4. The molecule has 1 unspecified atom stereocenters. The zero-order chi connectivity index (χ0) is 45.8. The van der Waals surface area contributed by atoms with Crippen molar-refractivity contribution in [1.29, 1.82) is 0 Å². The topological polar surface area (TPSA) is 276 Å². The van der Waals surface area contributed by atoms with Gasteiger partial charge in [0, 0.05) is 48.8 Å². The molecule has 0 aliphatic carbocycles. The lowest BCUT2D eigenvalue weighted by atomic mass is 9.98. The number of aliphatic carboxylic acids is 1. The number of anilines is 1. The Bertz CT molecular complexity index is 2500. The summed E-state index contributed by atoms with van der Waals surface area (Å²) in [6, 6.07) is 6.52. The quantitative estimate of drug-likeness (QED) is 0.0729. The molecule has 2 aromatic carbocycles. The fourth-order valence-corrected chi connectivity index (χ4v) is 9.78. The highest BCUT2D eigenvalue weighted by atomic mass is 32.1. The van der Waals surface area contributed by atoms with E-state index in [1.165, 1.54) is 25.6 Å². The van der Waals surface area contributed by atoms with Gasteiger partial charge in [0.2, 0.25) is 11.9 Å². The van der Waals surface area contributed by atoms with Crippen LogP contribution in [0.4, 0.5) is 15.5 Å². The SMILES string of the molecule is C.CC(=O)O.COC(=O)NC(C(=O)N1CCC[C@H]1c1ncc(-c2ccc(-c3ccc(-c4cnc(N5CCCN5C(=O)[C@@H](NC(=O)OC)C(C)C)[nH]4)c4scnc34)c3ncsc23)[nH]1)C(C)C.N. The number of carbonyl (C=O) groups excluding carboxylic acids is 4. The van der Waals surface area contributed by atoms with Crippen LogP contribution in [-0.4, -0.2) is 121 Å². The van der Waals surface area contributed by atoms with Crippen molar-refractivity contribution in [3.05, 3.63) is 53.5 Å². The summed E-state index contributed by atoms with van der Waals surface area (Å²) in [7, 11) is 2.56. The Morgan fingerprint density at radius 2 is 1.23 bits per heavy atom. The van der Waals surface area contributed by atoms with E-state index < -0.39 is 30.2 Å². The van der Waals surface area contributed by atoms with Crippen LogP contribution in [0.2, 0.25) is 0 Å². The van der Waals surface area contributed by atoms with Gasteiger partial charge in [-0.15, -0.1) is 22.7 Å². The van der Waals surface area contributed by atoms with Gasteiger partial charge in [-0.25, -0.2) is 34.5 Å². The van der Waals surface area contributed by atoms with Gasteiger partial charge in [0.05, 0.1) is 75.5 Å². The van der Waals surface area contributed by atoms with Gasteiger partial charge < -0.3 is 46.2 Å². The molecule has 2 aliphatic rings. The van der Waals surface area contributed by atoms with Gasteiger partial charge >= 0.3 is 12.2 Å². The summed E-state index contributed by atoms with van der Waals surface area (Å²) in [6.45, 7) is 10.3. The molecular weight excluding hydrogens is 889 g/mol. The molecule has 0 spiro atoms. The number of H-pyrrole nitrogens is 2. The third-order valence-electron chi connectivity index (χ3n) is 11.2. The maximum absolute atomic E-state index is 13.7. The number of amides is 4. The van der Waals surface area contributed by atoms with Crippen LogP contribution in [0.3, 0.4) is 0 Å². The highest BCUT2D eigenvalue weighted by molar-refractivity contribution is 7.17. The number of carboxylic acids is 1. The fraction of sp³-hybridized carbons (Fsp3) is 0.432. The molecule has 0 radical (unpaired) electrons. The van der Waals surface area contributed by atoms with Gasteiger partial charge in [0.15, 0.2) is 0 Å². The fourth-order valence-electron chi connectivity index (χ4n) is 8.10. The molecular formula is C44H58N12O8S2. The molecule has 20 nitrogen and oxygen atoms in total. The average molecular weight is 947 g/mol. The standard InChI is InChI=1S/C41H47N11O6S2.C2H4O2.CH4.H3N/c1-21(2)30(48-40(55)57-5)37(53)50-14-7-9-29(50)36-42-17-27(46-36)25-12-10-23(32-34(25)59-19-44-32)24-11-13-26(35-33(24)45-20-60-35)28-18-43-39(47-28)52-16-8-15-51(52)38(54)31(22(3)4)49-41(56)58-6;1-2(3)4;;/h10-13,17-22,29-31H,7-9,14-16H2,1-6H3,(H,42,46)(H,43,47)(H,48,55)(H,49,56);1H3,(H,3,4);1H4;1H3/t29-,30?,31-;;;/m0.../s1. The number of likely N-dealkylation sites (tertiary alicyclic amines) is 1. The number of rotatable bonds is 11. The molecule has 4 amide bonds. The minimum atomic E-state index is -0.833. The smallest absolute Gasteiger partial charge is 0.407 e. The van der Waals surface area contributed by atoms with Gasteiger partial charge in [-0.2, -0.15) is 0 Å². The maximum atomic E-state index is 13.7. The van der Waals surface area contributed by atoms with E-state index in [4.69, 9.17) is 39.3 Å². The number of hydrogen-bond acceptors (Lipinski definition) is 15. The van der Waals surface area contributed by atoms with Crippen molar-refractivity contribution in [2.45, 2.75) is 79.4 Å². The lowest BCUT2D eigenvalue weighted by Crippen LogP contribution is -2.54. The van der Waals surface area contributed by atoms with E-state index in [1.807, 2.05) is 49.9 Å². The molecule has 0 saturated carbocycles. The first-order chi connectivity index (χ1) is 30.7. The molecule has 3 atom stereocenters. The molecule has 4 aromatic heterocycles. The van der Waals surface area contributed by atoms with Crippen molar-refractivity contribution in [3.8, 4) is 33.6 Å². The van der Waals surface area contributed by atoms with Crippen LogP contribution in [0, 0.1) is 11.8 Å². The number of fused-ring (bicyclic) bond motifs is 2. The molecule has 0 bridgehead atoms. The van der Waals surface area contributed by atoms with E-state index in [0.29, 0.717) is 31.4 Å². The number of carbonyl (C=O) groups is 5. The number of benzene rings is 2. The molecule has 6 aromatic rings.